The van der Waals surface area contributed by atoms with Crippen LogP contribution in [0.5, 0.6) is 0 Å². The second-order valence-corrected chi connectivity index (χ2v) is 8.51. The number of anilines is 2. The van der Waals surface area contributed by atoms with E-state index in [1.807, 2.05) is 36.2 Å². The minimum absolute atomic E-state index is 0.000894. The van der Waals surface area contributed by atoms with Crippen LogP contribution in [0.3, 0.4) is 0 Å². The van der Waals surface area contributed by atoms with Crippen molar-refractivity contribution in [2.75, 3.05) is 43.0 Å². The summed E-state index contributed by atoms with van der Waals surface area (Å²) >= 11 is 0. The number of hydrogen-bond acceptors (Lipinski definition) is 5. The van der Waals surface area contributed by atoms with E-state index in [2.05, 4.69) is 33.2 Å². The molecule has 29 heavy (non-hydrogen) atoms. The van der Waals surface area contributed by atoms with Crippen LogP contribution in [0.25, 0.3) is 11.3 Å². The number of carbonyl (C=O) groups is 1. The van der Waals surface area contributed by atoms with Crippen molar-refractivity contribution in [1.82, 2.24) is 20.2 Å². The third-order valence-corrected chi connectivity index (χ3v) is 6.42. The van der Waals surface area contributed by atoms with Gasteiger partial charge >= 0.3 is 6.03 Å². The summed E-state index contributed by atoms with van der Waals surface area (Å²) in [7, 11) is 2.14. The predicted octanol–water partition coefficient (Wildman–Crippen LogP) is 2.65. The Hall–Kier alpha value is -2.67. The molecule has 2 aromatic rings. The fourth-order valence-electron chi connectivity index (χ4n) is 4.65. The van der Waals surface area contributed by atoms with E-state index >= 15 is 0 Å². The number of rotatable bonds is 2. The fourth-order valence-corrected chi connectivity index (χ4v) is 4.65. The molecule has 152 valence electrons. The van der Waals surface area contributed by atoms with Crippen LogP contribution in [0.4, 0.5) is 16.3 Å². The molecule has 0 saturated carbocycles. The number of aryl methyl sites for hydroxylation is 1. The number of carbonyl (C=O) groups excluding carboxylic acids is 1. The molecule has 2 fully saturated rings. The Labute approximate surface area is 171 Å². The highest BCUT2D eigenvalue weighted by Gasteiger charge is 2.40. The quantitative estimate of drug-likeness (QED) is 0.851. The van der Waals surface area contributed by atoms with E-state index in [-0.39, 0.29) is 18.1 Å². The highest BCUT2D eigenvalue weighted by atomic mass is 16.2. The Morgan fingerprint density at radius 2 is 1.93 bits per heavy atom. The average molecular weight is 393 g/mol. The maximum absolute atomic E-state index is 13.3. The normalized spacial score (nSPS) is 21.9. The molecule has 2 saturated heterocycles. The van der Waals surface area contributed by atoms with Crippen LogP contribution in [0.1, 0.15) is 25.0 Å². The molecule has 2 aromatic heterocycles. The number of piperidine rings is 1. The van der Waals surface area contributed by atoms with Crippen LogP contribution in [0.15, 0.2) is 30.5 Å². The Morgan fingerprint density at radius 3 is 2.69 bits per heavy atom. The summed E-state index contributed by atoms with van der Waals surface area (Å²) in [5, 5.41) is 3.29. The fraction of sp³-hybridized carbons (Fsp3) is 0.500. The molecule has 3 aliphatic rings. The lowest BCUT2D eigenvalue weighted by Gasteiger charge is -2.37. The highest BCUT2D eigenvalue weighted by molar-refractivity contribution is 5.97. The molecular formula is C22H28N6O. The first-order valence-electron chi connectivity index (χ1n) is 10.6. The first-order valence-corrected chi connectivity index (χ1v) is 10.6. The lowest BCUT2D eigenvalue weighted by Crippen LogP contribution is -2.54. The van der Waals surface area contributed by atoms with E-state index in [1.54, 1.807) is 0 Å². The number of aromatic nitrogens is 2. The third kappa shape index (κ3) is 3.44. The standard InChI is InChI=1S/C22H28N6O/c1-15-3-4-16(13-23-15)19-5-6-20-21(25-19)28(18-9-12-27(20)14-18)22(29)24-17-7-10-26(2)11-8-17/h3-6,13,17-18H,7-12,14H2,1-2H3,(H,24,29)/t18-/m0/s1. The number of urea groups is 1. The average Bonchev–Trinajstić information content (AvgIpc) is 3.14. The van der Waals surface area contributed by atoms with E-state index in [4.69, 9.17) is 4.98 Å². The van der Waals surface area contributed by atoms with Gasteiger partial charge in [0, 0.05) is 36.6 Å². The maximum Gasteiger partial charge on any atom is 0.323 e. The van der Waals surface area contributed by atoms with Crippen LogP contribution in [0, 0.1) is 6.92 Å². The van der Waals surface area contributed by atoms with Gasteiger partial charge in [0.05, 0.1) is 17.4 Å². The van der Waals surface area contributed by atoms with Crippen molar-refractivity contribution in [3.05, 3.63) is 36.2 Å². The molecule has 0 spiro atoms. The van der Waals surface area contributed by atoms with Crippen LogP contribution in [-0.4, -0.2) is 66.2 Å². The molecule has 1 N–H and O–H groups in total. The number of nitrogens with zero attached hydrogens (tertiary/aromatic N) is 5. The summed E-state index contributed by atoms with van der Waals surface area (Å²) in [6, 6.07) is 8.61. The molecule has 7 heteroatoms. The third-order valence-electron chi connectivity index (χ3n) is 6.42. The van der Waals surface area contributed by atoms with Gasteiger partial charge < -0.3 is 15.1 Å². The Balaban J connectivity index is 1.45. The van der Waals surface area contributed by atoms with Crippen molar-refractivity contribution in [2.24, 2.45) is 0 Å². The van der Waals surface area contributed by atoms with Gasteiger partial charge in [-0.2, -0.15) is 0 Å². The predicted molar refractivity (Wildman–Crippen MR) is 114 cm³/mol. The van der Waals surface area contributed by atoms with Crippen molar-refractivity contribution in [2.45, 2.75) is 38.3 Å². The largest absolute Gasteiger partial charge is 0.366 e. The smallest absolute Gasteiger partial charge is 0.323 e. The number of fused-ring (bicyclic) bond motifs is 4. The molecule has 0 unspecified atom stereocenters. The number of pyridine rings is 2. The summed E-state index contributed by atoms with van der Waals surface area (Å²) in [6.07, 6.45) is 4.84. The van der Waals surface area contributed by atoms with Gasteiger partial charge in [-0.3, -0.25) is 9.88 Å². The van der Waals surface area contributed by atoms with Crippen molar-refractivity contribution in [3.8, 4) is 11.3 Å². The molecule has 0 aliphatic carbocycles. The van der Waals surface area contributed by atoms with Gasteiger partial charge in [-0.05, 0) is 70.6 Å². The first kappa shape index (κ1) is 18.4. The van der Waals surface area contributed by atoms with Gasteiger partial charge in [-0.1, -0.05) is 0 Å². The number of likely N-dealkylation sites (tertiary alicyclic amines) is 1. The molecule has 5 rings (SSSR count). The zero-order chi connectivity index (χ0) is 20.0. The molecule has 2 amide bonds. The number of hydrogen-bond donors (Lipinski definition) is 1. The van der Waals surface area contributed by atoms with Gasteiger partial charge in [0.15, 0.2) is 5.82 Å². The summed E-state index contributed by atoms with van der Waals surface area (Å²) in [6.45, 7) is 5.90. The Morgan fingerprint density at radius 1 is 1.10 bits per heavy atom. The monoisotopic (exact) mass is 392 g/mol. The van der Waals surface area contributed by atoms with Crippen molar-refractivity contribution < 1.29 is 4.79 Å². The summed E-state index contributed by atoms with van der Waals surface area (Å²) in [5.41, 5.74) is 3.87. The van der Waals surface area contributed by atoms with Crippen molar-refractivity contribution in [3.63, 3.8) is 0 Å². The SMILES string of the molecule is Cc1ccc(-c2ccc3c(n2)N(C(=O)NC2CCN(C)CC2)[C@H]2CCN3C2)cn1. The Kier molecular flexibility index (Phi) is 4.62. The molecule has 3 aliphatic heterocycles. The first-order chi connectivity index (χ1) is 14.1. The number of nitrogens with one attached hydrogen (secondary N) is 1. The molecule has 1 atom stereocenters. The Bertz CT molecular complexity index is 906. The van der Waals surface area contributed by atoms with Gasteiger partial charge in [-0.25, -0.2) is 9.78 Å². The summed E-state index contributed by atoms with van der Waals surface area (Å²) < 4.78 is 0. The van der Waals surface area contributed by atoms with Crippen LogP contribution < -0.4 is 15.1 Å². The number of amides is 2. The minimum Gasteiger partial charge on any atom is -0.366 e. The topological polar surface area (TPSA) is 64.6 Å². The van der Waals surface area contributed by atoms with Crippen molar-refractivity contribution >= 4 is 17.5 Å². The van der Waals surface area contributed by atoms with Gasteiger partial charge in [-0.15, -0.1) is 0 Å². The molecule has 7 nitrogen and oxygen atoms in total. The van der Waals surface area contributed by atoms with Crippen molar-refractivity contribution in [1.29, 1.82) is 0 Å². The lowest BCUT2D eigenvalue weighted by atomic mass is 10.1. The highest BCUT2D eigenvalue weighted by Crippen LogP contribution is 2.40. The maximum atomic E-state index is 13.3. The van der Waals surface area contributed by atoms with Gasteiger partial charge in [0.1, 0.15) is 0 Å². The lowest BCUT2D eigenvalue weighted by molar-refractivity contribution is 0.216. The molecular weight excluding hydrogens is 364 g/mol. The van der Waals surface area contributed by atoms with Gasteiger partial charge in [0.2, 0.25) is 0 Å². The van der Waals surface area contributed by atoms with E-state index in [0.717, 1.165) is 73.9 Å². The van der Waals surface area contributed by atoms with Crippen LogP contribution in [0.2, 0.25) is 0 Å². The second-order valence-electron chi connectivity index (χ2n) is 8.51. The zero-order valence-corrected chi connectivity index (χ0v) is 17.1. The van der Waals surface area contributed by atoms with Gasteiger partial charge in [0.25, 0.3) is 0 Å². The molecule has 0 aromatic carbocycles. The molecule has 0 radical (unpaired) electrons. The van der Waals surface area contributed by atoms with E-state index < -0.39 is 0 Å². The van der Waals surface area contributed by atoms with E-state index in [0.29, 0.717) is 0 Å². The molecule has 5 heterocycles. The van der Waals surface area contributed by atoms with Crippen LogP contribution >= 0.6 is 0 Å². The molecule has 2 bridgehead atoms. The summed E-state index contributed by atoms with van der Waals surface area (Å²) in [4.78, 5) is 29.2. The minimum atomic E-state index is -0.000894. The zero-order valence-electron chi connectivity index (χ0n) is 17.1. The van der Waals surface area contributed by atoms with E-state index in [1.165, 1.54) is 0 Å². The van der Waals surface area contributed by atoms with Crippen LogP contribution in [-0.2, 0) is 0 Å². The van der Waals surface area contributed by atoms with E-state index in [9.17, 15) is 4.79 Å². The second kappa shape index (κ2) is 7.30. The summed E-state index contributed by atoms with van der Waals surface area (Å²) in [5.74, 6) is 0.780.